The Labute approximate surface area is 90.4 Å². The average Bonchev–Trinajstić information content (AvgIpc) is 2.90. The van der Waals surface area contributed by atoms with Crippen LogP contribution in [0.15, 0.2) is 10.9 Å². The van der Waals surface area contributed by atoms with Gasteiger partial charge in [0.15, 0.2) is 4.73 Å². The number of aromatic nitrogens is 2. The van der Waals surface area contributed by atoms with Gasteiger partial charge >= 0.3 is 5.97 Å². The van der Waals surface area contributed by atoms with Crippen molar-refractivity contribution >= 4 is 21.9 Å². The van der Waals surface area contributed by atoms with Gasteiger partial charge in [0.2, 0.25) is 0 Å². The third-order valence-electron chi connectivity index (χ3n) is 2.15. The number of esters is 1. The third-order valence-corrected chi connectivity index (χ3v) is 2.74. The van der Waals surface area contributed by atoms with Crippen molar-refractivity contribution in [3.05, 3.63) is 16.6 Å². The van der Waals surface area contributed by atoms with E-state index in [9.17, 15) is 4.79 Å². The van der Waals surface area contributed by atoms with Crippen LogP contribution in [0.5, 0.6) is 0 Å². The Morgan fingerprint density at radius 3 is 3.07 bits per heavy atom. The van der Waals surface area contributed by atoms with E-state index < -0.39 is 0 Å². The number of hydrogen-bond donors (Lipinski definition) is 0. The Morgan fingerprint density at radius 1 is 1.79 bits per heavy atom. The van der Waals surface area contributed by atoms with E-state index in [2.05, 4.69) is 20.9 Å². The predicted molar refractivity (Wildman–Crippen MR) is 54.2 cm³/mol. The number of nitrogens with zero attached hydrogens (tertiary/aromatic N) is 2. The molecule has 1 aromatic rings. The zero-order valence-corrected chi connectivity index (χ0v) is 9.45. The van der Waals surface area contributed by atoms with Crippen LogP contribution in [0.1, 0.15) is 36.3 Å². The molecule has 0 aliphatic heterocycles. The third kappa shape index (κ3) is 1.68. The second-order valence-electron chi connectivity index (χ2n) is 3.23. The van der Waals surface area contributed by atoms with Gasteiger partial charge in [0.05, 0.1) is 12.8 Å². The highest BCUT2D eigenvalue weighted by Crippen LogP contribution is 2.38. The molecule has 1 aliphatic rings. The lowest BCUT2D eigenvalue weighted by Gasteiger charge is -2.06. The molecule has 5 heteroatoms. The minimum atomic E-state index is -0.294. The lowest BCUT2D eigenvalue weighted by atomic mass is 10.4. The predicted octanol–water partition coefficient (Wildman–Crippen LogP) is 2.16. The molecule has 2 rings (SSSR count). The van der Waals surface area contributed by atoms with Gasteiger partial charge in [0.1, 0.15) is 5.69 Å². The Bertz CT molecular complexity index is 358. The molecule has 0 unspecified atom stereocenters. The van der Waals surface area contributed by atoms with Crippen molar-refractivity contribution < 1.29 is 9.53 Å². The van der Waals surface area contributed by atoms with Gasteiger partial charge in [-0.25, -0.2) is 9.78 Å². The van der Waals surface area contributed by atoms with Gasteiger partial charge in [-0.05, 0) is 35.7 Å². The Balaban J connectivity index is 2.28. The fraction of sp³-hybridized carbons (Fsp3) is 0.556. The lowest BCUT2D eigenvalue weighted by Crippen LogP contribution is -2.11. The normalized spacial score (nSPS) is 15.6. The first-order valence-electron chi connectivity index (χ1n) is 4.64. The maximum absolute atomic E-state index is 11.5. The van der Waals surface area contributed by atoms with Gasteiger partial charge in [-0.15, -0.1) is 0 Å². The van der Waals surface area contributed by atoms with E-state index >= 15 is 0 Å². The molecule has 1 fully saturated rings. The summed E-state index contributed by atoms with van der Waals surface area (Å²) in [5, 5.41) is 0. The Hall–Kier alpha value is -0.840. The number of rotatable bonds is 3. The van der Waals surface area contributed by atoms with Crippen molar-refractivity contribution in [2.45, 2.75) is 25.8 Å². The fourth-order valence-electron chi connectivity index (χ4n) is 1.37. The molecule has 0 atom stereocenters. The van der Waals surface area contributed by atoms with Gasteiger partial charge in [-0.3, -0.25) is 0 Å². The summed E-state index contributed by atoms with van der Waals surface area (Å²) >= 11 is 3.32. The Kier molecular flexibility index (Phi) is 2.58. The zero-order chi connectivity index (χ0) is 10.1. The number of carbonyl (C=O) groups excluding carboxylic acids is 1. The van der Waals surface area contributed by atoms with Crippen LogP contribution in [-0.2, 0) is 4.74 Å². The summed E-state index contributed by atoms with van der Waals surface area (Å²) in [6, 6.07) is 0.422. The topological polar surface area (TPSA) is 44.1 Å². The van der Waals surface area contributed by atoms with Crippen LogP contribution in [-0.4, -0.2) is 22.1 Å². The van der Waals surface area contributed by atoms with Gasteiger partial charge < -0.3 is 9.30 Å². The first-order valence-corrected chi connectivity index (χ1v) is 5.43. The number of halogens is 1. The molecule has 0 N–H and O–H groups in total. The van der Waals surface area contributed by atoms with Gasteiger partial charge in [0, 0.05) is 6.04 Å². The molecule has 1 heterocycles. The molecule has 1 saturated carbocycles. The van der Waals surface area contributed by atoms with Gasteiger partial charge in [0.25, 0.3) is 0 Å². The molecule has 0 saturated heterocycles. The summed E-state index contributed by atoms with van der Waals surface area (Å²) < 4.78 is 7.55. The van der Waals surface area contributed by atoms with E-state index in [4.69, 9.17) is 4.74 Å². The molecule has 0 radical (unpaired) electrons. The standard InChI is InChI=1S/C9H11BrN2O2/c1-2-14-8(13)7-5-11-9(10)12(7)6-3-4-6/h5-6H,2-4H2,1H3. The molecule has 1 aliphatic carbocycles. The summed E-state index contributed by atoms with van der Waals surface area (Å²) in [6.45, 7) is 2.19. The van der Waals surface area contributed by atoms with Crippen LogP contribution < -0.4 is 0 Å². The molecule has 0 amide bonds. The van der Waals surface area contributed by atoms with E-state index in [1.165, 1.54) is 0 Å². The zero-order valence-electron chi connectivity index (χ0n) is 7.86. The van der Waals surface area contributed by atoms with Crippen molar-refractivity contribution in [1.29, 1.82) is 0 Å². The Morgan fingerprint density at radius 2 is 2.50 bits per heavy atom. The molecule has 4 nitrogen and oxygen atoms in total. The maximum Gasteiger partial charge on any atom is 0.356 e. The molecular formula is C9H11BrN2O2. The minimum Gasteiger partial charge on any atom is -0.461 e. The van der Waals surface area contributed by atoms with Gasteiger partial charge in [-0.2, -0.15) is 0 Å². The quantitative estimate of drug-likeness (QED) is 0.781. The van der Waals surface area contributed by atoms with Crippen LogP contribution in [0.3, 0.4) is 0 Å². The number of hydrogen-bond acceptors (Lipinski definition) is 3. The molecule has 76 valence electrons. The van der Waals surface area contributed by atoms with E-state index in [-0.39, 0.29) is 5.97 Å². The number of carbonyl (C=O) groups is 1. The van der Waals surface area contributed by atoms with Crippen molar-refractivity contribution in [2.24, 2.45) is 0 Å². The maximum atomic E-state index is 11.5. The van der Waals surface area contributed by atoms with Crippen LogP contribution in [0, 0.1) is 0 Å². The first-order chi connectivity index (χ1) is 6.74. The monoisotopic (exact) mass is 258 g/mol. The highest BCUT2D eigenvalue weighted by molar-refractivity contribution is 9.10. The summed E-state index contributed by atoms with van der Waals surface area (Å²) in [7, 11) is 0. The fourth-order valence-corrected chi connectivity index (χ4v) is 1.96. The molecular weight excluding hydrogens is 248 g/mol. The molecule has 0 bridgehead atoms. The summed E-state index contributed by atoms with van der Waals surface area (Å²) in [4.78, 5) is 15.6. The molecule has 14 heavy (non-hydrogen) atoms. The van der Waals surface area contributed by atoms with Crippen molar-refractivity contribution in [2.75, 3.05) is 6.61 Å². The van der Waals surface area contributed by atoms with E-state index in [1.54, 1.807) is 13.1 Å². The minimum absolute atomic E-state index is 0.294. The van der Waals surface area contributed by atoms with E-state index in [1.807, 2.05) is 4.57 Å². The SMILES string of the molecule is CCOC(=O)c1cnc(Br)n1C1CC1. The lowest BCUT2D eigenvalue weighted by molar-refractivity contribution is 0.0513. The van der Waals surface area contributed by atoms with E-state index in [0.717, 1.165) is 12.8 Å². The number of ether oxygens (including phenoxy) is 1. The smallest absolute Gasteiger partial charge is 0.356 e. The highest BCUT2D eigenvalue weighted by atomic mass is 79.9. The summed E-state index contributed by atoms with van der Waals surface area (Å²) in [5.74, 6) is -0.294. The average molecular weight is 259 g/mol. The summed E-state index contributed by atoms with van der Waals surface area (Å²) in [6.07, 6.45) is 3.78. The second-order valence-corrected chi connectivity index (χ2v) is 3.94. The second kappa shape index (κ2) is 3.73. The molecule has 0 aromatic carbocycles. The molecule has 1 aromatic heterocycles. The van der Waals surface area contributed by atoms with Crippen molar-refractivity contribution in [3.8, 4) is 0 Å². The highest BCUT2D eigenvalue weighted by Gasteiger charge is 2.30. The first kappa shape index (κ1) is 9.71. The number of imidazole rings is 1. The van der Waals surface area contributed by atoms with Crippen LogP contribution in [0.25, 0.3) is 0 Å². The van der Waals surface area contributed by atoms with Crippen molar-refractivity contribution in [1.82, 2.24) is 9.55 Å². The largest absolute Gasteiger partial charge is 0.461 e. The van der Waals surface area contributed by atoms with Crippen LogP contribution in [0.2, 0.25) is 0 Å². The molecule has 0 spiro atoms. The van der Waals surface area contributed by atoms with Gasteiger partial charge in [-0.1, -0.05) is 0 Å². The van der Waals surface area contributed by atoms with Crippen molar-refractivity contribution in [3.63, 3.8) is 0 Å². The van der Waals surface area contributed by atoms with E-state index in [0.29, 0.717) is 23.1 Å². The van der Waals surface area contributed by atoms with Crippen LogP contribution >= 0.6 is 15.9 Å². The summed E-state index contributed by atoms with van der Waals surface area (Å²) in [5.41, 5.74) is 0.543. The van der Waals surface area contributed by atoms with Crippen LogP contribution in [0.4, 0.5) is 0 Å².